The number of amides is 1. The lowest BCUT2D eigenvalue weighted by Crippen LogP contribution is -2.33. The molecule has 0 fully saturated rings. The number of nitrogens with one attached hydrogen (secondary N) is 1. The van der Waals surface area contributed by atoms with Gasteiger partial charge >= 0.3 is 5.63 Å². The largest absolute Gasteiger partial charge is 0.422 e. The van der Waals surface area contributed by atoms with E-state index in [1.54, 1.807) is 24.3 Å². The number of hydrogen-bond donors (Lipinski definition) is 1. The van der Waals surface area contributed by atoms with Gasteiger partial charge in [0.2, 0.25) is 0 Å². The molecule has 0 bridgehead atoms. The summed E-state index contributed by atoms with van der Waals surface area (Å²) in [6.07, 6.45) is 0. The van der Waals surface area contributed by atoms with Gasteiger partial charge in [-0.15, -0.1) is 0 Å². The third-order valence-electron chi connectivity index (χ3n) is 4.09. The van der Waals surface area contributed by atoms with Gasteiger partial charge in [-0.3, -0.25) is 9.48 Å². The highest BCUT2D eigenvalue weighted by Gasteiger charge is 2.15. The fraction of sp³-hybridized carbons (Fsp3) is 0.316. The van der Waals surface area contributed by atoms with Crippen LogP contribution >= 0.6 is 0 Å². The molecule has 2 heterocycles. The topological polar surface area (TPSA) is 77.1 Å². The van der Waals surface area contributed by atoms with Crippen molar-refractivity contribution in [3.63, 3.8) is 0 Å². The standard InChI is InChI=1S/C19H21N3O3/c1-12(11-22-14(3)8-13(2)21-22)10-20-18(23)16-9-15-6-4-5-7-17(15)25-19(16)24/h4-9,12H,10-11H2,1-3H3,(H,20,23). The van der Waals surface area contributed by atoms with Crippen LogP contribution in [0, 0.1) is 19.8 Å². The second-order valence-electron chi connectivity index (χ2n) is 6.41. The van der Waals surface area contributed by atoms with Gasteiger partial charge in [0.05, 0.1) is 5.69 Å². The normalized spacial score (nSPS) is 12.3. The molecule has 1 atom stereocenters. The van der Waals surface area contributed by atoms with Gasteiger partial charge in [0.15, 0.2) is 0 Å². The molecule has 1 aromatic carbocycles. The number of aryl methyl sites for hydroxylation is 2. The molecule has 0 saturated heterocycles. The lowest BCUT2D eigenvalue weighted by molar-refractivity contribution is 0.0943. The monoisotopic (exact) mass is 339 g/mol. The van der Waals surface area contributed by atoms with Crippen molar-refractivity contribution in [2.24, 2.45) is 5.92 Å². The Morgan fingerprint density at radius 1 is 1.28 bits per heavy atom. The van der Waals surface area contributed by atoms with E-state index in [0.29, 0.717) is 18.7 Å². The first-order valence-corrected chi connectivity index (χ1v) is 8.26. The fourth-order valence-electron chi connectivity index (χ4n) is 2.80. The molecule has 1 unspecified atom stereocenters. The summed E-state index contributed by atoms with van der Waals surface area (Å²) in [5.74, 6) is -0.242. The predicted molar refractivity (Wildman–Crippen MR) is 95.7 cm³/mol. The maximum absolute atomic E-state index is 12.3. The molecule has 0 aliphatic heterocycles. The molecule has 0 aliphatic rings. The maximum atomic E-state index is 12.3. The quantitative estimate of drug-likeness (QED) is 0.725. The van der Waals surface area contributed by atoms with Gasteiger partial charge in [-0.05, 0) is 38.0 Å². The van der Waals surface area contributed by atoms with Crippen molar-refractivity contribution >= 4 is 16.9 Å². The van der Waals surface area contributed by atoms with E-state index in [9.17, 15) is 9.59 Å². The Hall–Kier alpha value is -2.89. The van der Waals surface area contributed by atoms with Gasteiger partial charge in [-0.25, -0.2) is 4.79 Å². The zero-order chi connectivity index (χ0) is 18.0. The zero-order valence-corrected chi connectivity index (χ0v) is 14.6. The molecule has 6 heteroatoms. The van der Waals surface area contributed by atoms with Gasteiger partial charge < -0.3 is 9.73 Å². The molecule has 130 valence electrons. The number of aromatic nitrogens is 2. The third-order valence-corrected chi connectivity index (χ3v) is 4.09. The molecule has 0 radical (unpaired) electrons. The first-order chi connectivity index (χ1) is 11.9. The van der Waals surface area contributed by atoms with E-state index in [0.717, 1.165) is 16.8 Å². The minimum Gasteiger partial charge on any atom is -0.422 e. The Kier molecular flexibility index (Phi) is 4.70. The summed E-state index contributed by atoms with van der Waals surface area (Å²) >= 11 is 0. The Morgan fingerprint density at radius 3 is 2.76 bits per heavy atom. The van der Waals surface area contributed by atoms with Crippen LogP contribution in [-0.2, 0) is 6.54 Å². The van der Waals surface area contributed by atoms with Crippen LogP contribution in [0.2, 0.25) is 0 Å². The molecule has 0 aliphatic carbocycles. The van der Waals surface area contributed by atoms with Gasteiger partial charge in [0.1, 0.15) is 11.1 Å². The summed E-state index contributed by atoms with van der Waals surface area (Å²) in [5.41, 5.74) is 1.94. The van der Waals surface area contributed by atoms with E-state index in [1.807, 2.05) is 37.6 Å². The molecule has 2 aromatic heterocycles. The molecule has 1 N–H and O–H groups in total. The van der Waals surface area contributed by atoms with Crippen LogP contribution in [0.15, 0.2) is 45.6 Å². The molecule has 0 spiro atoms. The second-order valence-corrected chi connectivity index (χ2v) is 6.41. The predicted octanol–water partition coefficient (Wildman–Crippen LogP) is 2.67. The smallest absolute Gasteiger partial charge is 0.349 e. The fourth-order valence-corrected chi connectivity index (χ4v) is 2.80. The van der Waals surface area contributed by atoms with Crippen molar-refractivity contribution in [3.05, 3.63) is 63.8 Å². The molecule has 25 heavy (non-hydrogen) atoms. The Bertz CT molecular complexity index is 971. The highest BCUT2D eigenvalue weighted by atomic mass is 16.4. The summed E-state index contributed by atoms with van der Waals surface area (Å²) in [5, 5.41) is 7.96. The average molecular weight is 339 g/mol. The minimum atomic E-state index is -0.623. The van der Waals surface area contributed by atoms with Crippen molar-refractivity contribution in [2.75, 3.05) is 6.54 Å². The Morgan fingerprint density at radius 2 is 2.04 bits per heavy atom. The van der Waals surface area contributed by atoms with Crippen LogP contribution in [0.5, 0.6) is 0 Å². The van der Waals surface area contributed by atoms with Crippen LogP contribution < -0.4 is 10.9 Å². The van der Waals surface area contributed by atoms with E-state index >= 15 is 0 Å². The van der Waals surface area contributed by atoms with Crippen molar-refractivity contribution < 1.29 is 9.21 Å². The first kappa shape index (κ1) is 17.0. The molecule has 3 rings (SSSR count). The molecule has 3 aromatic rings. The van der Waals surface area contributed by atoms with Crippen LogP contribution in [0.25, 0.3) is 11.0 Å². The van der Waals surface area contributed by atoms with Crippen LogP contribution in [0.4, 0.5) is 0 Å². The van der Waals surface area contributed by atoms with Gasteiger partial charge in [0, 0.05) is 24.2 Å². The van der Waals surface area contributed by atoms with Gasteiger partial charge in [-0.2, -0.15) is 5.10 Å². The van der Waals surface area contributed by atoms with Crippen LogP contribution in [-0.4, -0.2) is 22.2 Å². The highest BCUT2D eigenvalue weighted by Crippen LogP contribution is 2.12. The second kappa shape index (κ2) is 6.93. The third kappa shape index (κ3) is 3.79. The van der Waals surface area contributed by atoms with Gasteiger partial charge in [0.25, 0.3) is 5.91 Å². The van der Waals surface area contributed by atoms with E-state index in [1.165, 1.54) is 0 Å². The SMILES string of the molecule is Cc1cc(C)n(CC(C)CNC(=O)c2cc3ccccc3oc2=O)n1. The summed E-state index contributed by atoms with van der Waals surface area (Å²) in [4.78, 5) is 24.4. The highest BCUT2D eigenvalue weighted by molar-refractivity contribution is 5.96. The lowest BCUT2D eigenvalue weighted by Gasteiger charge is -2.14. The summed E-state index contributed by atoms with van der Waals surface area (Å²) in [6, 6.07) is 10.7. The molecule has 1 amide bonds. The van der Waals surface area contributed by atoms with Crippen LogP contribution in [0.1, 0.15) is 28.7 Å². The van der Waals surface area contributed by atoms with Crippen molar-refractivity contribution in [1.82, 2.24) is 15.1 Å². The minimum absolute atomic E-state index is 0.0250. The number of nitrogens with zero attached hydrogens (tertiary/aromatic N) is 2. The summed E-state index contributed by atoms with van der Waals surface area (Å²) < 4.78 is 7.13. The molecule has 0 saturated carbocycles. The van der Waals surface area contributed by atoms with Crippen molar-refractivity contribution in [2.45, 2.75) is 27.3 Å². The average Bonchev–Trinajstić information content (AvgIpc) is 2.89. The maximum Gasteiger partial charge on any atom is 0.349 e. The van der Waals surface area contributed by atoms with Gasteiger partial charge in [-0.1, -0.05) is 25.1 Å². The number of benzene rings is 1. The first-order valence-electron chi connectivity index (χ1n) is 8.26. The lowest BCUT2D eigenvalue weighted by atomic mass is 10.1. The van der Waals surface area contributed by atoms with E-state index < -0.39 is 11.5 Å². The summed E-state index contributed by atoms with van der Waals surface area (Å²) in [7, 11) is 0. The Labute approximate surface area is 145 Å². The van der Waals surface area contributed by atoms with Crippen molar-refractivity contribution in [1.29, 1.82) is 0 Å². The Balaban J connectivity index is 1.67. The molecular weight excluding hydrogens is 318 g/mol. The van der Waals surface area contributed by atoms with E-state index in [-0.39, 0.29) is 11.5 Å². The number of carbonyl (C=O) groups is 1. The molecular formula is C19H21N3O3. The van der Waals surface area contributed by atoms with Crippen molar-refractivity contribution in [3.8, 4) is 0 Å². The summed E-state index contributed by atoms with van der Waals surface area (Å²) in [6.45, 7) is 7.13. The number of fused-ring (bicyclic) bond motifs is 1. The molecule has 6 nitrogen and oxygen atoms in total. The van der Waals surface area contributed by atoms with Crippen LogP contribution in [0.3, 0.4) is 0 Å². The zero-order valence-electron chi connectivity index (χ0n) is 14.6. The van der Waals surface area contributed by atoms with E-state index in [2.05, 4.69) is 10.4 Å². The number of rotatable bonds is 5. The number of carbonyl (C=O) groups excluding carboxylic acids is 1. The van der Waals surface area contributed by atoms with E-state index in [4.69, 9.17) is 4.42 Å². The number of hydrogen-bond acceptors (Lipinski definition) is 4. The number of para-hydroxylation sites is 1.